The van der Waals surface area contributed by atoms with Gasteiger partial charge in [-0.05, 0) is 23.6 Å². The number of fused-ring (bicyclic) bond motifs is 1. The van der Waals surface area contributed by atoms with Gasteiger partial charge in [-0.2, -0.15) is 0 Å². The Hall–Kier alpha value is -2.73. The van der Waals surface area contributed by atoms with Crippen LogP contribution in [0.25, 0.3) is 21.6 Å². The van der Waals surface area contributed by atoms with E-state index in [9.17, 15) is 18.3 Å². The van der Waals surface area contributed by atoms with Crippen molar-refractivity contribution < 1.29 is 23.1 Å². The Bertz CT molecular complexity index is 1290. The summed E-state index contributed by atoms with van der Waals surface area (Å²) in [6, 6.07) is 10.3. The molecule has 29 heavy (non-hydrogen) atoms. The van der Waals surface area contributed by atoms with Crippen LogP contribution in [-0.2, 0) is 21.5 Å². The van der Waals surface area contributed by atoms with Gasteiger partial charge in [0.25, 0.3) is 10.0 Å². The van der Waals surface area contributed by atoms with E-state index in [2.05, 4.69) is 9.71 Å². The average Bonchev–Trinajstić information content (AvgIpc) is 3.42. The third-order valence-electron chi connectivity index (χ3n) is 4.12. The normalized spacial score (nSPS) is 11.8. The molecule has 2 N–H and O–H groups in total. The van der Waals surface area contributed by atoms with Gasteiger partial charge < -0.3 is 14.4 Å². The summed E-state index contributed by atoms with van der Waals surface area (Å²) in [5.74, 6) is -1.05. The lowest BCUT2D eigenvalue weighted by Crippen LogP contribution is -2.13. The molecule has 0 saturated carbocycles. The van der Waals surface area contributed by atoms with Crippen LogP contribution in [0.1, 0.15) is 9.67 Å². The number of rotatable bonds is 7. The first-order chi connectivity index (χ1) is 13.9. The van der Waals surface area contributed by atoms with Crippen LogP contribution < -0.4 is 4.72 Å². The minimum Gasteiger partial charge on any atom is -0.477 e. The minimum atomic E-state index is -3.73. The zero-order valence-electron chi connectivity index (χ0n) is 15.0. The van der Waals surface area contributed by atoms with E-state index in [0.29, 0.717) is 21.9 Å². The number of hydrogen-bond acceptors (Lipinski definition) is 7. The number of methoxy groups -OCH3 is 1. The summed E-state index contributed by atoms with van der Waals surface area (Å²) in [6.45, 7) is 0.137. The Balaban J connectivity index is 1.87. The molecule has 0 amide bonds. The van der Waals surface area contributed by atoms with Crippen molar-refractivity contribution in [3.8, 4) is 10.7 Å². The second-order valence-electron chi connectivity index (χ2n) is 5.99. The molecule has 0 radical (unpaired) electrons. The Labute approximate surface area is 174 Å². The number of sulfonamides is 1. The zero-order chi connectivity index (χ0) is 20.6. The number of hydrogen-bond donors (Lipinski definition) is 2. The molecule has 0 unspecified atom stereocenters. The van der Waals surface area contributed by atoms with Gasteiger partial charge in [-0.25, -0.2) is 18.2 Å². The number of carboxylic acid groups (broad SMARTS) is 1. The Morgan fingerprint density at radius 1 is 1.31 bits per heavy atom. The lowest BCUT2D eigenvalue weighted by Gasteiger charge is -2.13. The van der Waals surface area contributed by atoms with Crippen LogP contribution in [-0.4, -0.2) is 36.2 Å². The van der Waals surface area contributed by atoms with Gasteiger partial charge in [0.15, 0.2) is 0 Å². The van der Waals surface area contributed by atoms with E-state index in [1.807, 2.05) is 12.1 Å². The molecular formula is C18H15N3O5S3. The second kappa shape index (κ2) is 7.59. The van der Waals surface area contributed by atoms with Crippen molar-refractivity contribution in [2.45, 2.75) is 10.9 Å². The number of thiazole rings is 1. The van der Waals surface area contributed by atoms with Crippen LogP contribution in [0.2, 0.25) is 0 Å². The number of nitrogens with zero attached hydrogens (tertiary/aromatic N) is 2. The molecule has 4 aromatic rings. The van der Waals surface area contributed by atoms with E-state index < -0.39 is 16.0 Å². The average molecular weight is 450 g/mol. The molecule has 0 saturated heterocycles. The van der Waals surface area contributed by atoms with Crippen molar-refractivity contribution in [3.05, 3.63) is 52.9 Å². The van der Waals surface area contributed by atoms with Gasteiger partial charge in [-0.15, -0.1) is 22.7 Å². The fourth-order valence-corrected chi connectivity index (χ4v) is 5.79. The number of anilines is 1. The van der Waals surface area contributed by atoms with Gasteiger partial charge in [0, 0.05) is 12.5 Å². The van der Waals surface area contributed by atoms with Gasteiger partial charge in [0.05, 0.1) is 23.1 Å². The van der Waals surface area contributed by atoms with Crippen molar-refractivity contribution in [1.82, 2.24) is 9.55 Å². The first-order valence-corrected chi connectivity index (χ1v) is 11.5. The molecule has 0 bridgehead atoms. The smallest absolute Gasteiger partial charge is 0.347 e. The van der Waals surface area contributed by atoms with Crippen molar-refractivity contribution in [2.24, 2.45) is 0 Å². The summed E-state index contributed by atoms with van der Waals surface area (Å²) < 4.78 is 35.4. The highest BCUT2D eigenvalue weighted by Gasteiger charge is 2.21. The summed E-state index contributed by atoms with van der Waals surface area (Å²) in [4.78, 5) is 15.5. The van der Waals surface area contributed by atoms with E-state index in [-0.39, 0.29) is 15.8 Å². The molecule has 8 nitrogen and oxygen atoms in total. The van der Waals surface area contributed by atoms with Crippen LogP contribution >= 0.6 is 22.7 Å². The molecule has 0 aliphatic heterocycles. The second-order valence-corrected chi connectivity index (χ2v) is 9.88. The van der Waals surface area contributed by atoms with E-state index in [0.717, 1.165) is 28.1 Å². The number of aromatic carboxylic acids is 1. The maximum absolute atomic E-state index is 12.7. The Kier molecular flexibility index (Phi) is 5.13. The SMILES string of the molecule is COCn1c(-c2ncc(C(=O)O)s2)cc2cccc(NS(=O)(=O)c3cccs3)c21. The number of nitrogens with one attached hydrogen (secondary N) is 1. The molecule has 150 valence electrons. The van der Waals surface area contributed by atoms with E-state index in [1.165, 1.54) is 19.4 Å². The minimum absolute atomic E-state index is 0.118. The van der Waals surface area contributed by atoms with Gasteiger partial charge in [0.1, 0.15) is 20.8 Å². The standard InChI is InChI=1S/C18H15N3O5S3/c1-26-10-21-13(17-19-9-14(28-17)18(22)23)8-11-4-2-5-12(16(11)21)20-29(24,25)15-6-3-7-27-15/h2-9,20H,10H2,1H3,(H,22,23). The number of carbonyl (C=O) groups is 1. The van der Waals surface area contributed by atoms with Crippen LogP contribution in [0, 0.1) is 0 Å². The molecule has 3 heterocycles. The van der Waals surface area contributed by atoms with Crippen molar-refractivity contribution in [2.75, 3.05) is 11.8 Å². The van der Waals surface area contributed by atoms with Crippen molar-refractivity contribution >= 4 is 55.3 Å². The van der Waals surface area contributed by atoms with E-state index in [1.54, 1.807) is 28.1 Å². The predicted molar refractivity (Wildman–Crippen MR) is 112 cm³/mol. The molecule has 4 rings (SSSR count). The topological polar surface area (TPSA) is 111 Å². The fourth-order valence-electron chi connectivity index (χ4n) is 2.95. The van der Waals surface area contributed by atoms with Crippen LogP contribution in [0.4, 0.5) is 5.69 Å². The van der Waals surface area contributed by atoms with E-state index >= 15 is 0 Å². The Morgan fingerprint density at radius 3 is 2.79 bits per heavy atom. The Morgan fingerprint density at radius 2 is 2.14 bits per heavy atom. The summed E-state index contributed by atoms with van der Waals surface area (Å²) in [6.07, 6.45) is 1.30. The number of para-hydroxylation sites is 1. The van der Waals surface area contributed by atoms with E-state index in [4.69, 9.17) is 4.74 Å². The molecule has 0 atom stereocenters. The first-order valence-electron chi connectivity index (χ1n) is 8.27. The van der Waals surface area contributed by atoms with Crippen LogP contribution in [0.3, 0.4) is 0 Å². The number of benzene rings is 1. The molecule has 0 spiro atoms. The first kappa shape index (κ1) is 19.6. The van der Waals surface area contributed by atoms with Crippen molar-refractivity contribution in [1.29, 1.82) is 0 Å². The fraction of sp³-hybridized carbons (Fsp3) is 0.111. The third-order valence-corrected chi connectivity index (χ3v) is 7.89. The number of thiophene rings is 1. The quantitative estimate of drug-likeness (QED) is 0.442. The molecule has 3 aromatic heterocycles. The molecule has 0 aliphatic carbocycles. The summed E-state index contributed by atoms with van der Waals surface area (Å²) in [7, 11) is -2.21. The molecule has 0 aliphatic rings. The van der Waals surface area contributed by atoms with Gasteiger partial charge in [0.2, 0.25) is 0 Å². The summed E-state index contributed by atoms with van der Waals surface area (Å²) in [5.41, 5.74) is 1.66. The zero-order valence-corrected chi connectivity index (χ0v) is 17.5. The highest BCUT2D eigenvalue weighted by molar-refractivity contribution is 7.94. The summed E-state index contributed by atoms with van der Waals surface area (Å²) in [5, 5.41) is 12.2. The summed E-state index contributed by atoms with van der Waals surface area (Å²) >= 11 is 2.17. The molecule has 11 heteroatoms. The van der Waals surface area contributed by atoms with Crippen LogP contribution in [0.5, 0.6) is 0 Å². The highest BCUT2D eigenvalue weighted by atomic mass is 32.2. The third kappa shape index (κ3) is 3.65. The number of carboxylic acids is 1. The number of ether oxygens (including phenoxy) is 1. The van der Waals surface area contributed by atoms with Gasteiger partial charge in [-0.1, -0.05) is 18.2 Å². The van der Waals surface area contributed by atoms with Gasteiger partial charge in [-0.3, -0.25) is 4.72 Å². The number of aromatic nitrogens is 2. The highest BCUT2D eigenvalue weighted by Crippen LogP contribution is 2.35. The maximum Gasteiger partial charge on any atom is 0.347 e. The van der Waals surface area contributed by atoms with Gasteiger partial charge >= 0.3 is 5.97 Å². The lowest BCUT2D eigenvalue weighted by molar-refractivity contribution is 0.0702. The molecular weight excluding hydrogens is 434 g/mol. The molecule has 1 aromatic carbocycles. The predicted octanol–water partition coefficient (Wildman–Crippen LogP) is 3.93. The lowest BCUT2D eigenvalue weighted by atomic mass is 10.2. The maximum atomic E-state index is 12.7. The van der Waals surface area contributed by atoms with Crippen molar-refractivity contribution in [3.63, 3.8) is 0 Å². The molecule has 0 fully saturated rings. The largest absolute Gasteiger partial charge is 0.477 e. The van der Waals surface area contributed by atoms with Crippen LogP contribution in [0.15, 0.2) is 52.2 Å². The monoisotopic (exact) mass is 449 g/mol.